The third-order valence-corrected chi connectivity index (χ3v) is 2.63. The van der Waals surface area contributed by atoms with Crippen molar-refractivity contribution in [2.45, 2.75) is 18.7 Å². The fourth-order valence-corrected chi connectivity index (χ4v) is 1.97. The van der Waals surface area contributed by atoms with Gasteiger partial charge in [-0.1, -0.05) is 38.8 Å². The maximum atomic E-state index is 11.7. The molecule has 82 valence electrons. The van der Waals surface area contributed by atoms with E-state index in [0.717, 1.165) is 10.0 Å². The van der Waals surface area contributed by atoms with Crippen molar-refractivity contribution >= 4 is 37.8 Å². The van der Waals surface area contributed by atoms with Crippen LogP contribution in [-0.4, -0.2) is 17.3 Å². The molecule has 1 atom stereocenters. The van der Waals surface area contributed by atoms with Crippen LogP contribution in [0.15, 0.2) is 22.7 Å². The number of nitrogens with one attached hydrogen (secondary N) is 1. The predicted octanol–water partition coefficient (Wildman–Crippen LogP) is 3.27. The quantitative estimate of drug-likeness (QED) is 0.844. The zero-order valence-electron chi connectivity index (χ0n) is 8.68. The lowest BCUT2D eigenvalue weighted by atomic mass is 10.1. The minimum absolute atomic E-state index is 0.0364. The van der Waals surface area contributed by atoms with Crippen LogP contribution < -0.4 is 5.32 Å². The van der Waals surface area contributed by atoms with Crippen LogP contribution in [-0.2, 0) is 0 Å². The molecule has 0 bridgehead atoms. The lowest BCUT2D eigenvalue weighted by Crippen LogP contribution is -2.28. The van der Waals surface area contributed by atoms with Gasteiger partial charge in [0, 0.05) is 21.4 Å². The van der Waals surface area contributed by atoms with E-state index >= 15 is 0 Å². The van der Waals surface area contributed by atoms with Crippen molar-refractivity contribution in [2.24, 2.45) is 0 Å². The Morgan fingerprint density at radius 1 is 1.47 bits per heavy atom. The van der Waals surface area contributed by atoms with Crippen molar-refractivity contribution in [3.8, 4) is 0 Å². The van der Waals surface area contributed by atoms with Gasteiger partial charge in [0.05, 0.1) is 0 Å². The van der Waals surface area contributed by atoms with Crippen LogP contribution in [0.5, 0.6) is 0 Å². The number of halogens is 2. The molecule has 2 nitrogen and oxygen atoms in total. The average Bonchev–Trinajstić information content (AvgIpc) is 2.12. The second-order valence-corrected chi connectivity index (χ2v) is 5.99. The van der Waals surface area contributed by atoms with Crippen LogP contribution in [0.25, 0.3) is 0 Å². The van der Waals surface area contributed by atoms with E-state index < -0.39 is 0 Å². The molecule has 0 spiro atoms. The monoisotopic (exact) mass is 333 g/mol. The van der Waals surface area contributed by atoms with Crippen molar-refractivity contribution in [1.82, 2.24) is 5.32 Å². The second kappa shape index (κ2) is 5.66. The predicted molar refractivity (Wildman–Crippen MR) is 69.6 cm³/mol. The van der Waals surface area contributed by atoms with Gasteiger partial charge in [0.25, 0.3) is 5.91 Å². The van der Waals surface area contributed by atoms with Gasteiger partial charge in [-0.3, -0.25) is 4.79 Å². The number of amides is 1. The molecular formula is C11H13Br2NO. The highest BCUT2D eigenvalue weighted by atomic mass is 79.9. The van der Waals surface area contributed by atoms with Crippen molar-refractivity contribution in [3.05, 3.63) is 33.8 Å². The summed E-state index contributed by atoms with van der Waals surface area (Å²) in [5, 5.41) is 2.85. The van der Waals surface area contributed by atoms with Crippen LogP contribution in [0.4, 0.5) is 0 Å². The minimum Gasteiger partial charge on any atom is -0.351 e. The smallest absolute Gasteiger partial charge is 0.251 e. The van der Waals surface area contributed by atoms with E-state index in [4.69, 9.17) is 0 Å². The summed E-state index contributed by atoms with van der Waals surface area (Å²) in [6, 6.07) is 5.67. The Hall–Kier alpha value is -0.350. The molecule has 1 aromatic rings. The molecule has 1 amide bonds. The van der Waals surface area contributed by atoms with E-state index in [9.17, 15) is 4.79 Å². The molecule has 0 radical (unpaired) electrons. The van der Waals surface area contributed by atoms with Gasteiger partial charge < -0.3 is 5.32 Å². The van der Waals surface area contributed by atoms with E-state index in [-0.39, 0.29) is 10.7 Å². The Bertz CT molecular complexity index is 343. The van der Waals surface area contributed by atoms with Crippen molar-refractivity contribution in [1.29, 1.82) is 0 Å². The molecule has 0 fully saturated rings. The van der Waals surface area contributed by atoms with Gasteiger partial charge in [-0.05, 0) is 30.7 Å². The lowest BCUT2D eigenvalue weighted by Gasteiger charge is -2.07. The standard InChI is InChI=1S/C11H13Br2NO/c1-7-3-9(5-10(13)4-7)11(15)14-6-8(2)12/h3-5,8H,6H2,1-2H3,(H,14,15). The number of carbonyl (C=O) groups excluding carboxylic acids is 1. The molecule has 1 N–H and O–H groups in total. The largest absolute Gasteiger partial charge is 0.351 e. The summed E-state index contributed by atoms with van der Waals surface area (Å²) in [4.78, 5) is 12.0. The van der Waals surface area contributed by atoms with E-state index in [1.807, 2.05) is 32.0 Å². The van der Waals surface area contributed by atoms with Gasteiger partial charge in [-0.25, -0.2) is 0 Å². The summed E-state index contributed by atoms with van der Waals surface area (Å²) in [5.74, 6) is -0.0364. The lowest BCUT2D eigenvalue weighted by molar-refractivity contribution is 0.0954. The molecule has 0 saturated heterocycles. The number of hydrogen-bond donors (Lipinski definition) is 1. The Labute approximate surface area is 107 Å². The maximum Gasteiger partial charge on any atom is 0.251 e. The number of carbonyl (C=O) groups is 1. The summed E-state index contributed by atoms with van der Waals surface area (Å²) >= 11 is 6.75. The molecule has 0 heterocycles. The summed E-state index contributed by atoms with van der Waals surface area (Å²) in [6.45, 7) is 4.59. The van der Waals surface area contributed by atoms with Crippen molar-refractivity contribution < 1.29 is 4.79 Å². The van der Waals surface area contributed by atoms with E-state index in [1.165, 1.54) is 0 Å². The van der Waals surface area contributed by atoms with Crippen LogP contribution >= 0.6 is 31.9 Å². The van der Waals surface area contributed by atoms with Crippen LogP contribution in [0, 0.1) is 6.92 Å². The molecule has 1 aromatic carbocycles. The van der Waals surface area contributed by atoms with Crippen LogP contribution in [0.1, 0.15) is 22.8 Å². The van der Waals surface area contributed by atoms with Gasteiger partial charge in [0.2, 0.25) is 0 Å². The fraction of sp³-hybridized carbons (Fsp3) is 0.364. The molecule has 0 aliphatic heterocycles. The minimum atomic E-state index is -0.0364. The first kappa shape index (κ1) is 12.7. The molecule has 0 aromatic heterocycles. The number of hydrogen-bond acceptors (Lipinski definition) is 1. The van der Waals surface area contributed by atoms with Gasteiger partial charge in [-0.15, -0.1) is 0 Å². The Morgan fingerprint density at radius 3 is 2.67 bits per heavy atom. The molecule has 1 unspecified atom stereocenters. The van der Waals surface area contributed by atoms with Crippen molar-refractivity contribution in [2.75, 3.05) is 6.54 Å². The molecule has 15 heavy (non-hydrogen) atoms. The summed E-state index contributed by atoms with van der Waals surface area (Å²) in [5.41, 5.74) is 1.76. The Balaban J connectivity index is 2.73. The van der Waals surface area contributed by atoms with Crippen LogP contribution in [0.2, 0.25) is 0 Å². The molecule has 0 aliphatic carbocycles. The van der Waals surface area contributed by atoms with Gasteiger partial charge >= 0.3 is 0 Å². The zero-order valence-corrected chi connectivity index (χ0v) is 11.9. The first-order valence-electron chi connectivity index (χ1n) is 4.68. The third-order valence-electron chi connectivity index (χ3n) is 1.85. The average molecular weight is 335 g/mol. The van der Waals surface area contributed by atoms with Crippen LogP contribution in [0.3, 0.4) is 0 Å². The number of benzene rings is 1. The normalized spacial score (nSPS) is 12.3. The summed E-state index contributed by atoms with van der Waals surface area (Å²) < 4.78 is 0.930. The van der Waals surface area contributed by atoms with E-state index in [0.29, 0.717) is 12.1 Å². The van der Waals surface area contributed by atoms with Gasteiger partial charge in [0.1, 0.15) is 0 Å². The highest BCUT2D eigenvalue weighted by Crippen LogP contribution is 2.15. The number of alkyl halides is 1. The summed E-state index contributed by atoms with van der Waals surface area (Å²) in [7, 11) is 0. The second-order valence-electron chi connectivity index (χ2n) is 3.51. The topological polar surface area (TPSA) is 29.1 Å². The number of aryl methyl sites for hydroxylation is 1. The highest BCUT2D eigenvalue weighted by Gasteiger charge is 2.07. The third kappa shape index (κ3) is 4.34. The Kier molecular flexibility index (Phi) is 4.80. The SMILES string of the molecule is Cc1cc(Br)cc(C(=O)NCC(C)Br)c1. The first-order chi connectivity index (χ1) is 6.99. The molecule has 1 rings (SSSR count). The van der Waals surface area contributed by atoms with Gasteiger partial charge in [0.15, 0.2) is 0 Å². The first-order valence-corrected chi connectivity index (χ1v) is 6.39. The Morgan fingerprint density at radius 2 is 2.13 bits per heavy atom. The highest BCUT2D eigenvalue weighted by molar-refractivity contribution is 9.10. The van der Waals surface area contributed by atoms with Gasteiger partial charge in [-0.2, -0.15) is 0 Å². The zero-order chi connectivity index (χ0) is 11.4. The molecule has 0 saturated carbocycles. The maximum absolute atomic E-state index is 11.7. The fourth-order valence-electron chi connectivity index (χ4n) is 1.20. The molecule has 0 aliphatic rings. The number of rotatable bonds is 3. The van der Waals surface area contributed by atoms with Crippen molar-refractivity contribution in [3.63, 3.8) is 0 Å². The summed E-state index contributed by atoms with van der Waals surface area (Å²) in [6.07, 6.45) is 0. The molecular weight excluding hydrogens is 322 g/mol. The van der Waals surface area contributed by atoms with E-state index in [1.54, 1.807) is 0 Å². The van der Waals surface area contributed by atoms with E-state index in [2.05, 4.69) is 37.2 Å². The molecule has 4 heteroatoms.